The molecule has 0 bridgehead atoms. The van der Waals surface area contributed by atoms with Gasteiger partial charge in [-0.15, -0.1) is 12.4 Å². The van der Waals surface area contributed by atoms with Crippen LogP contribution in [-0.2, 0) is 0 Å². The van der Waals surface area contributed by atoms with E-state index in [0.717, 1.165) is 12.8 Å². The normalized spacial score (nSPS) is 17.1. The van der Waals surface area contributed by atoms with Crippen LogP contribution in [0.15, 0.2) is 12.1 Å². The quantitative estimate of drug-likeness (QED) is 0.894. The van der Waals surface area contributed by atoms with Gasteiger partial charge in [0.15, 0.2) is 0 Å². The molecule has 5 heteroatoms. The van der Waals surface area contributed by atoms with Crippen molar-refractivity contribution in [3.8, 4) is 17.2 Å². The van der Waals surface area contributed by atoms with E-state index in [2.05, 4.69) is 0 Å². The van der Waals surface area contributed by atoms with Gasteiger partial charge < -0.3 is 20.3 Å². The Kier molecular flexibility index (Phi) is 6.43. The predicted molar refractivity (Wildman–Crippen MR) is 82.0 cm³/mol. The van der Waals surface area contributed by atoms with E-state index in [-0.39, 0.29) is 24.2 Å². The summed E-state index contributed by atoms with van der Waals surface area (Å²) in [6.07, 6.45) is 5.97. The lowest BCUT2D eigenvalue weighted by atomic mass is 9.81. The summed E-state index contributed by atoms with van der Waals surface area (Å²) in [5.41, 5.74) is 7.06. The van der Waals surface area contributed by atoms with Crippen LogP contribution in [-0.4, -0.2) is 19.3 Å². The standard InChI is InChI=1S/C15H23NO3.ClH/c1-18-11-8-12(17)14(13(9-11)19-2)15(16)10-6-4-3-5-7-10;/h8-10,15,17H,3-7,16H2,1-2H3;1H/t15-;/m0./s1. The molecule has 0 radical (unpaired) electrons. The van der Waals surface area contributed by atoms with Crippen LogP contribution in [0.5, 0.6) is 17.2 Å². The fourth-order valence-corrected chi connectivity index (χ4v) is 2.94. The maximum atomic E-state index is 10.2. The Morgan fingerprint density at radius 2 is 1.80 bits per heavy atom. The molecule has 1 atom stereocenters. The number of benzene rings is 1. The number of ether oxygens (including phenoxy) is 2. The summed E-state index contributed by atoms with van der Waals surface area (Å²) in [5.74, 6) is 1.76. The summed E-state index contributed by atoms with van der Waals surface area (Å²) < 4.78 is 10.5. The molecule has 1 aliphatic rings. The molecular formula is C15H24ClNO3. The van der Waals surface area contributed by atoms with Crippen LogP contribution < -0.4 is 15.2 Å². The lowest BCUT2D eigenvalue weighted by molar-refractivity contribution is 0.293. The van der Waals surface area contributed by atoms with Crippen LogP contribution in [0.25, 0.3) is 0 Å². The average Bonchev–Trinajstić information content (AvgIpc) is 2.46. The molecule has 0 aliphatic heterocycles. The first kappa shape index (κ1) is 16.9. The highest BCUT2D eigenvalue weighted by Gasteiger charge is 2.27. The van der Waals surface area contributed by atoms with Gasteiger partial charge >= 0.3 is 0 Å². The number of rotatable bonds is 4. The Bertz CT molecular complexity index is 433. The smallest absolute Gasteiger partial charge is 0.131 e. The van der Waals surface area contributed by atoms with Crippen LogP contribution in [0.4, 0.5) is 0 Å². The number of phenols is 1. The average molecular weight is 302 g/mol. The number of nitrogens with two attached hydrogens (primary N) is 1. The predicted octanol–water partition coefficient (Wildman–Crippen LogP) is 3.41. The monoisotopic (exact) mass is 301 g/mol. The molecule has 0 heterocycles. The van der Waals surface area contributed by atoms with Gasteiger partial charge in [-0.25, -0.2) is 0 Å². The van der Waals surface area contributed by atoms with Crippen LogP contribution in [0.1, 0.15) is 43.7 Å². The number of halogens is 1. The van der Waals surface area contributed by atoms with Gasteiger partial charge in [-0.2, -0.15) is 0 Å². The van der Waals surface area contributed by atoms with Crippen molar-refractivity contribution in [2.24, 2.45) is 11.7 Å². The van der Waals surface area contributed by atoms with E-state index in [1.807, 2.05) is 0 Å². The lowest BCUT2D eigenvalue weighted by Crippen LogP contribution is -2.24. The molecule has 1 aromatic rings. The second-order valence-corrected chi connectivity index (χ2v) is 5.19. The highest BCUT2D eigenvalue weighted by Crippen LogP contribution is 2.42. The van der Waals surface area contributed by atoms with E-state index >= 15 is 0 Å². The largest absolute Gasteiger partial charge is 0.507 e. The number of hydrogen-bond donors (Lipinski definition) is 2. The Morgan fingerprint density at radius 3 is 2.35 bits per heavy atom. The summed E-state index contributed by atoms with van der Waals surface area (Å²) in [6.45, 7) is 0. The fourth-order valence-electron chi connectivity index (χ4n) is 2.94. The Balaban J connectivity index is 0.00000200. The van der Waals surface area contributed by atoms with Crippen molar-refractivity contribution in [1.82, 2.24) is 0 Å². The molecule has 3 N–H and O–H groups in total. The molecule has 4 nitrogen and oxygen atoms in total. The van der Waals surface area contributed by atoms with Crippen molar-refractivity contribution < 1.29 is 14.6 Å². The molecule has 0 saturated heterocycles. The van der Waals surface area contributed by atoms with Crippen molar-refractivity contribution in [1.29, 1.82) is 0 Å². The number of aromatic hydroxyl groups is 1. The third-order valence-electron chi connectivity index (χ3n) is 4.04. The number of methoxy groups -OCH3 is 2. The van der Waals surface area contributed by atoms with Crippen molar-refractivity contribution in [2.75, 3.05) is 14.2 Å². The van der Waals surface area contributed by atoms with Crippen LogP contribution in [0, 0.1) is 5.92 Å². The van der Waals surface area contributed by atoms with Crippen LogP contribution >= 0.6 is 12.4 Å². The maximum absolute atomic E-state index is 10.2. The van der Waals surface area contributed by atoms with Gasteiger partial charge in [-0.1, -0.05) is 19.3 Å². The van der Waals surface area contributed by atoms with E-state index in [9.17, 15) is 5.11 Å². The highest BCUT2D eigenvalue weighted by molar-refractivity contribution is 5.85. The molecule has 1 aromatic carbocycles. The maximum Gasteiger partial charge on any atom is 0.131 e. The fraction of sp³-hybridized carbons (Fsp3) is 0.600. The zero-order chi connectivity index (χ0) is 13.8. The zero-order valence-electron chi connectivity index (χ0n) is 12.1. The zero-order valence-corrected chi connectivity index (χ0v) is 12.9. The summed E-state index contributed by atoms with van der Waals surface area (Å²) in [4.78, 5) is 0. The first-order chi connectivity index (χ1) is 9.17. The lowest BCUT2D eigenvalue weighted by Gasteiger charge is -2.29. The minimum Gasteiger partial charge on any atom is -0.507 e. The second kappa shape index (κ2) is 7.60. The molecule has 114 valence electrons. The minimum absolute atomic E-state index is 0. The number of hydrogen-bond acceptors (Lipinski definition) is 4. The Hall–Kier alpha value is -1.13. The van der Waals surface area contributed by atoms with Crippen molar-refractivity contribution in [3.05, 3.63) is 17.7 Å². The van der Waals surface area contributed by atoms with Crippen molar-refractivity contribution >= 4 is 12.4 Å². The molecule has 1 aliphatic carbocycles. The molecule has 0 amide bonds. The molecular weight excluding hydrogens is 278 g/mol. The van der Waals surface area contributed by atoms with E-state index in [0.29, 0.717) is 23.0 Å². The molecule has 0 aromatic heterocycles. The summed E-state index contributed by atoms with van der Waals surface area (Å²) in [6, 6.07) is 3.19. The first-order valence-electron chi connectivity index (χ1n) is 6.87. The van der Waals surface area contributed by atoms with Gasteiger partial charge in [0.1, 0.15) is 17.2 Å². The third-order valence-corrected chi connectivity index (χ3v) is 4.04. The molecule has 0 spiro atoms. The first-order valence-corrected chi connectivity index (χ1v) is 6.87. The van der Waals surface area contributed by atoms with Gasteiger partial charge in [0.05, 0.1) is 19.8 Å². The van der Waals surface area contributed by atoms with Gasteiger partial charge in [0.25, 0.3) is 0 Å². The number of phenolic OH excluding ortho intramolecular Hbond substituents is 1. The van der Waals surface area contributed by atoms with Gasteiger partial charge in [-0.3, -0.25) is 0 Å². The highest BCUT2D eigenvalue weighted by atomic mass is 35.5. The van der Waals surface area contributed by atoms with Crippen molar-refractivity contribution in [2.45, 2.75) is 38.1 Å². The van der Waals surface area contributed by atoms with Crippen molar-refractivity contribution in [3.63, 3.8) is 0 Å². The van der Waals surface area contributed by atoms with Crippen LogP contribution in [0.2, 0.25) is 0 Å². The van der Waals surface area contributed by atoms with E-state index in [4.69, 9.17) is 15.2 Å². The SMILES string of the molecule is COc1cc(O)c([C@@H](N)C2CCCCC2)c(OC)c1.Cl. The Morgan fingerprint density at radius 1 is 1.15 bits per heavy atom. The van der Waals surface area contributed by atoms with E-state index in [1.54, 1.807) is 26.4 Å². The van der Waals surface area contributed by atoms with Gasteiger partial charge in [0.2, 0.25) is 0 Å². The molecule has 1 fully saturated rings. The van der Waals surface area contributed by atoms with E-state index in [1.165, 1.54) is 19.3 Å². The van der Waals surface area contributed by atoms with Gasteiger partial charge in [0, 0.05) is 18.2 Å². The molecule has 0 unspecified atom stereocenters. The second-order valence-electron chi connectivity index (χ2n) is 5.19. The molecule has 2 rings (SSSR count). The summed E-state index contributed by atoms with van der Waals surface area (Å²) in [7, 11) is 3.15. The molecule has 1 saturated carbocycles. The minimum atomic E-state index is -0.179. The topological polar surface area (TPSA) is 64.7 Å². The summed E-state index contributed by atoms with van der Waals surface area (Å²) in [5, 5.41) is 10.2. The van der Waals surface area contributed by atoms with E-state index < -0.39 is 0 Å². The molecule has 20 heavy (non-hydrogen) atoms. The van der Waals surface area contributed by atoms with Crippen LogP contribution in [0.3, 0.4) is 0 Å². The summed E-state index contributed by atoms with van der Waals surface area (Å²) >= 11 is 0. The van der Waals surface area contributed by atoms with Gasteiger partial charge in [-0.05, 0) is 18.8 Å². The third kappa shape index (κ3) is 3.49. The Labute approximate surface area is 126 Å².